The van der Waals surface area contributed by atoms with Gasteiger partial charge in [-0.05, 0) is 18.9 Å². The Morgan fingerprint density at radius 2 is 1.82 bits per heavy atom. The third-order valence-electron chi connectivity index (χ3n) is 2.60. The van der Waals surface area contributed by atoms with Crippen LogP contribution in [0.4, 0.5) is 13.2 Å². The molecule has 1 aliphatic carbocycles. The predicted octanol–water partition coefficient (Wildman–Crippen LogP) is 2.17. The Labute approximate surface area is 95.8 Å². The number of ether oxygens (including phenoxy) is 2. The second kappa shape index (κ2) is 4.14. The zero-order valence-corrected chi connectivity index (χ0v) is 9.07. The van der Waals surface area contributed by atoms with Crippen molar-refractivity contribution in [1.82, 2.24) is 9.97 Å². The second-order valence-electron chi connectivity index (χ2n) is 3.78. The van der Waals surface area contributed by atoms with Crippen LogP contribution in [-0.2, 0) is 4.74 Å². The molecule has 0 spiro atoms. The van der Waals surface area contributed by atoms with Crippen LogP contribution in [0.2, 0.25) is 0 Å². The highest BCUT2D eigenvalue weighted by molar-refractivity contribution is 5.02. The maximum Gasteiger partial charge on any atom is 0.455 e. The fraction of sp³-hybridized carbons (Fsp3) is 0.600. The van der Waals surface area contributed by atoms with Gasteiger partial charge in [0.15, 0.2) is 0 Å². The molecule has 0 amide bonds. The van der Waals surface area contributed by atoms with Crippen molar-refractivity contribution < 1.29 is 22.6 Å². The summed E-state index contributed by atoms with van der Waals surface area (Å²) in [6.45, 7) is 0. The van der Waals surface area contributed by atoms with E-state index < -0.39 is 17.9 Å². The van der Waals surface area contributed by atoms with Crippen LogP contribution < -0.4 is 4.74 Å². The maximum atomic E-state index is 13.0. The average molecular weight is 248 g/mol. The Hall–Kier alpha value is -1.37. The number of aromatic nitrogens is 2. The zero-order chi connectivity index (χ0) is 12.5. The molecule has 1 aromatic heterocycles. The highest BCUT2D eigenvalue weighted by Gasteiger charge is 2.66. The lowest BCUT2D eigenvalue weighted by atomic mass is 10.1. The van der Waals surface area contributed by atoms with Crippen LogP contribution in [0, 0.1) is 5.92 Å². The van der Waals surface area contributed by atoms with Crippen molar-refractivity contribution in [2.45, 2.75) is 24.8 Å². The molecule has 0 N–H and O–H groups in total. The fourth-order valence-corrected chi connectivity index (χ4v) is 1.63. The third-order valence-corrected chi connectivity index (χ3v) is 2.60. The van der Waals surface area contributed by atoms with E-state index in [-0.39, 0.29) is 6.01 Å². The molecule has 0 aliphatic heterocycles. The van der Waals surface area contributed by atoms with Gasteiger partial charge in [-0.15, -0.1) is 0 Å². The van der Waals surface area contributed by atoms with E-state index in [1.807, 2.05) is 0 Å². The van der Waals surface area contributed by atoms with Gasteiger partial charge in [-0.1, -0.05) is 0 Å². The van der Waals surface area contributed by atoms with E-state index in [4.69, 9.17) is 4.74 Å². The zero-order valence-electron chi connectivity index (χ0n) is 9.07. The summed E-state index contributed by atoms with van der Waals surface area (Å²) in [5, 5.41) is 0. The average Bonchev–Trinajstić information content (AvgIpc) is 3.10. The van der Waals surface area contributed by atoms with E-state index in [9.17, 15) is 13.2 Å². The number of hydrogen-bond donors (Lipinski definition) is 0. The number of nitrogens with zero attached hydrogens (tertiary/aromatic N) is 2. The maximum absolute atomic E-state index is 13.0. The third kappa shape index (κ3) is 2.19. The van der Waals surface area contributed by atoms with Gasteiger partial charge >= 0.3 is 18.0 Å². The van der Waals surface area contributed by atoms with Gasteiger partial charge in [0, 0.05) is 25.4 Å². The molecule has 2 rings (SSSR count). The second-order valence-corrected chi connectivity index (χ2v) is 3.78. The number of alkyl halides is 3. The molecule has 1 fully saturated rings. The molecule has 0 aromatic carbocycles. The van der Waals surface area contributed by atoms with Gasteiger partial charge in [0.1, 0.15) is 0 Å². The van der Waals surface area contributed by atoms with Crippen molar-refractivity contribution in [2.75, 3.05) is 7.11 Å². The van der Waals surface area contributed by atoms with E-state index in [1.54, 1.807) is 0 Å². The highest BCUT2D eigenvalue weighted by atomic mass is 19.4. The van der Waals surface area contributed by atoms with E-state index in [2.05, 4.69) is 14.7 Å². The minimum atomic E-state index is -4.62. The Kier molecular flexibility index (Phi) is 2.94. The van der Waals surface area contributed by atoms with Gasteiger partial charge in [0.2, 0.25) is 0 Å². The molecule has 0 radical (unpaired) electrons. The quantitative estimate of drug-likeness (QED) is 0.766. The predicted molar refractivity (Wildman–Crippen MR) is 51.2 cm³/mol. The molecular weight excluding hydrogens is 237 g/mol. The monoisotopic (exact) mass is 248 g/mol. The van der Waals surface area contributed by atoms with Crippen molar-refractivity contribution in [3.8, 4) is 6.01 Å². The first kappa shape index (κ1) is 12.1. The Balaban J connectivity index is 2.28. The molecule has 94 valence electrons. The normalized spacial score (nSPS) is 19.8. The van der Waals surface area contributed by atoms with E-state index in [0.29, 0.717) is 12.8 Å². The molecule has 1 heterocycles. The summed E-state index contributed by atoms with van der Waals surface area (Å²) in [7, 11) is 0.981. The molecule has 0 saturated heterocycles. The summed E-state index contributed by atoms with van der Waals surface area (Å²) in [4.78, 5) is 7.24. The molecule has 17 heavy (non-hydrogen) atoms. The SMILES string of the molecule is COC(Oc1ncccn1)(C1CC1)C(F)(F)F. The molecule has 1 aromatic rings. The molecule has 1 unspecified atom stereocenters. The standard InChI is InChI=1S/C10H11F3N2O2/c1-16-9(7-3-4-7,10(11,12)13)17-8-14-5-2-6-15-8/h2,5-7H,3-4H2,1H3. The fourth-order valence-electron chi connectivity index (χ4n) is 1.63. The van der Waals surface area contributed by atoms with Gasteiger partial charge in [-0.25, -0.2) is 9.97 Å². The van der Waals surface area contributed by atoms with Crippen molar-refractivity contribution in [2.24, 2.45) is 5.92 Å². The minimum absolute atomic E-state index is 0.335. The van der Waals surface area contributed by atoms with Crippen LogP contribution in [0.3, 0.4) is 0 Å². The van der Waals surface area contributed by atoms with E-state index in [0.717, 1.165) is 7.11 Å². The summed E-state index contributed by atoms with van der Waals surface area (Å²) < 4.78 is 48.6. The highest BCUT2D eigenvalue weighted by Crippen LogP contribution is 2.50. The van der Waals surface area contributed by atoms with Crippen LogP contribution >= 0.6 is 0 Å². The van der Waals surface area contributed by atoms with Crippen LogP contribution in [0.1, 0.15) is 12.8 Å². The minimum Gasteiger partial charge on any atom is -0.420 e. The lowest BCUT2D eigenvalue weighted by Crippen LogP contribution is -2.54. The van der Waals surface area contributed by atoms with Crippen molar-refractivity contribution in [3.05, 3.63) is 18.5 Å². The first-order valence-corrected chi connectivity index (χ1v) is 5.07. The molecule has 4 nitrogen and oxygen atoms in total. The number of rotatable bonds is 4. The van der Waals surface area contributed by atoms with Gasteiger partial charge < -0.3 is 9.47 Å². The largest absolute Gasteiger partial charge is 0.455 e. The molecule has 1 saturated carbocycles. The Morgan fingerprint density at radius 1 is 1.24 bits per heavy atom. The van der Waals surface area contributed by atoms with Gasteiger partial charge in [0.25, 0.3) is 0 Å². The molecule has 0 bridgehead atoms. The number of halogens is 3. The number of hydrogen-bond acceptors (Lipinski definition) is 4. The van der Waals surface area contributed by atoms with Crippen molar-refractivity contribution in [1.29, 1.82) is 0 Å². The van der Waals surface area contributed by atoms with E-state index in [1.165, 1.54) is 18.5 Å². The summed E-state index contributed by atoms with van der Waals surface area (Å²) in [5.74, 6) is -3.33. The van der Waals surface area contributed by atoms with Crippen molar-refractivity contribution >= 4 is 0 Å². The summed E-state index contributed by atoms with van der Waals surface area (Å²) >= 11 is 0. The molecule has 1 aliphatic rings. The summed E-state index contributed by atoms with van der Waals surface area (Å²) in [6, 6.07) is 1.16. The number of methoxy groups -OCH3 is 1. The smallest absolute Gasteiger partial charge is 0.420 e. The lowest BCUT2D eigenvalue weighted by molar-refractivity contribution is -0.355. The molecule has 1 atom stereocenters. The van der Waals surface area contributed by atoms with E-state index >= 15 is 0 Å². The first-order valence-electron chi connectivity index (χ1n) is 5.07. The Morgan fingerprint density at radius 3 is 2.24 bits per heavy atom. The summed E-state index contributed by atoms with van der Waals surface area (Å²) in [6.07, 6.45) is -1.17. The first-order chi connectivity index (χ1) is 7.99. The van der Waals surface area contributed by atoms with Crippen LogP contribution in [0.15, 0.2) is 18.5 Å². The van der Waals surface area contributed by atoms with Gasteiger partial charge in [0.05, 0.1) is 0 Å². The molecular formula is C10H11F3N2O2. The van der Waals surface area contributed by atoms with Gasteiger partial charge in [-0.2, -0.15) is 13.2 Å². The van der Waals surface area contributed by atoms with Crippen LogP contribution in [-0.4, -0.2) is 29.0 Å². The molecule has 7 heteroatoms. The lowest BCUT2D eigenvalue weighted by Gasteiger charge is -2.33. The van der Waals surface area contributed by atoms with Crippen molar-refractivity contribution in [3.63, 3.8) is 0 Å². The van der Waals surface area contributed by atoms with Crippen LogP contribution in [0.5, 0.6) is 6.01 Å². The topological polar surface area (TPSA) is 44.2 Å². The van der Waals surface area contributed by atoms with Crippen LogP contribution in [0.25, 0.3) is 0 Å². The summed E-state index contributed by atoms with van der Waals surface area (Å²) in [5.41, 5.74) is 0. The van der Waals surface area contributed by atoms with Gasteiger partial charge in [-0.3, -0.25) is 0 Å². The Bertz CT molecular complexity index is 381.